The fraction of sp³-hybridized carbons (Fsp3) is 0.222. The molecule has 0 aliphatic rings. The van der Waals surface area contributed by atoms with E-state index < -0.39 is 23.8 Å². The number of rotatable bonds is 4. The minimum Gasteiger partial charge on any atom is -0.449 e. The Kier molecular flexibility index (Phi) is 5.11. The van der Waals surface area contributed by atoms with Crippen molar-refractivity contribution in [2.45, 2.75) is 26.9 Å². The van der Waals surface area contributed by atoms with Gasteiger partial charge in [-0.2, -0.15) is 0 Å². The van der Waals surface area contributed by atoms with Crippen molar-refractivity contribution in [2.75, 3.05) is 5.32 Å². The fourth-order valence-electron chi connectivity index (χ4n) is 2.01. The first-order valence-electron chi connectivity index (χ1n) is 7.22. The lowest BCUT2D eigenvalue weighted by Crippen LogP contribution is -2.30. The van der Waals surface area contributed by atoms with Crippen LogP contribution in [0.15, 0.2) is 42.5 Å². The largest absolute Gasteiger partial charge is 0.449 e. The average molecular weight is 315 g/mol. The second kappa shape index (κ2) is 7.05. The maximum absolute atomic E-state index is 13.5. The van der Waals surface area contributed by atoms with Gasteiger partial charge in [-0.15, -0.1) is 0 Å². The number of benzene rings is 2. The van der Waals surface area contributed by atoms with Crippen molar-refractivity contribution in [1.82, 2.24) is 0 Å². The minimum atomic E-state index is -1.04. The number of aryl methyl sites for hydroxylation is 2. The van der Waals surface area contributed by atoms with Crippen LogP contribution in [0.2, 0.25) is 0 Å². The molecule has 4 nitrogen and oxygen atoms in total. The number of hydrogen-bond donors (Lipinski definition) is 1. The molecule has 23 heavy (non-hydrogen) atoms. The molecule has 0 aromatic heterocycles. The van der Waals surface area contributed by atoms with Gasteiger partial charge in [0.15, 0.2) is 6.10 Å². The Bertz CT molecular complexity index is 743. The van der Waals surface area contributed by atoms with Crippen molar-refractivity contribution in [3.8, 4) is 0 Å². The molecule has 0 spiro atoms. The number of amides is 1. The third-order valence-electron chi connectivity index (χ3n) is 3.40. The quantitative estimate of drug-likeness (QED) is 0.877. The molecule has 1 amide bonds. The monoisotopic (exact) mass is 315 g/mol. The Morgan fingerprint density at radius 1 is 1.13 bits per heavy atom. The summed E-state index contributed by atoms with van der Waals surface area (Å²) in [5.74, 6) is -2.02. The number of esters is 1. The van der Waals surface area contributed by atoms with Crippen LogP contribution in [-0.2, 0) is 9.53 Å². The van der Waals surface area contributed by atoms with Crippen LogP contribution in [-0.4, -0.2) is 18.0 Å². The number of nitrogens with one attached hydrogen (secondary N) is 1. The molecule has 0 aliphatic heterocycles. The summed E-state index contributed by atoms with van der Waals surface area (Å²) in [5, 5.41) is 2.71. The summed E-state index contributed by atoms with van der Waals surface area (Å²) >= 11 is 0. The van der Waals surface area contributed by atoms with Gasteiger partial charge in [-0.1, -0.05) is 24.3 Å². The molecule has 0 heterocycles. The van der Waals surface area contributed by atoms with Crippen LogP contribution in [0.25, 0.3) is 0 Å². The second-order valence-electron chi connectivity index (χ2n) is 5.34. The van der Waals surface area contributed by atoms with Crippen LogP contribution < -0.4 is 5.32 Å². The maximum atomic E-state index is 13.5. The Morgan fingerprint density at radius 3 is 2.52 bits per heavy atom. The first-order valence-corrected chi connectivity index (χ1v) is 7.22. The lowest BCUT2D eigenvalue weighted by molar-refractivity contribution is -0.123. The zero-order valence-electron chi connectivity index (χ0n) is 13.2. The van der Waals surface area contributed by atoms with Crippen molar-refractivity contribution in [2.24, 2.45) is 0 Å². The lowest BCUT2D eigenvalue weighted by atomic mass is 10.1. The third-order valence-corrected chi connectivity index (χ3v) is 3.40. The Labute approximate surface area is 134 Å². The summed E-state index contributed by atoms with van der Waals surface area (Å²) in [7, 11) is 0. The molecule has 1 N–H and O–H groups in total. The lowest BCUT2D eigenvalue weighted by Gasteiger charge is -2.15. The maximum Gasteiger partial charge on any atom is 0.341 e. The molecular formula is C18H18FNO3. The topological polar surface area (TPSA) is 55.4 Å². The van der Waals surface area contributed by atoms with E-state index in [0.717, 1.165) is 17.2 Å². The van der Waals surface area contributed by atoms with Gasteiger partial charge in [-0.25, -0.2) is 9.18 Å². The molecule has 0 unspecified atom stereocenters. The van der Waals surface area contributed by atoms with Crippen molar-refractivity contribution >= 4 is 17.6 Å². The highest BCUT2D eigenvalue weighted by atomic mass is 19.1. The molecule has 1 atom stereocenters. The molecule has 120 valence electrons. The smallest absolute Gasteiger partial charge is 0.341 e. The van der Waals surface area contributed by atoms with Gasteiger partial charge in [0, 0.05) is 5.69 Å². The summed E-state index contributed by atoms with van der Waals surface area (Å²) in [6.45, 7) is 5.22. The molecular weight excluding hydrogens is 297 g/mol. The Balaban J connectivity index is 2.04. The predicted molar refractivity (Wildman–Crippen MR) is 85.8 cm³/mol. The standard InChI is InChI=1S/C18H18FNO3/c1-11-8-9-12(2)16(10-11)20-17(21)13(3)23-18(22)14-6-4-5-7-15(14)19/h4-10,13H,1-3H3,(H,20,21)/t13-/m1/s1. The van der Waals surface area contributed by atoms with E-state index in [1.165, 1.54) is 25.1 Å². The molecule has 0 aliphatic carbocycles. The van der Waals surface area contributed by atoms with Crippen LogP contribution in [0.4, 0.5) is 10.1 Å². The predicted octanol–water partition coefficient (Wildman–Crippen LogP) is 3.63. The van der Waals surface area contributed by atoms with E-state index in [4.69, 9.17) is 4.74 Å². The number of anilines is 1. The fourth-order valence-corrected chi connectivity index (χ4v) is 2.01. The highest BCUT2D eigenvalue weighted by Gasteiger charge is 2.21. The van der Waals surface area contributed by atoms with Crippen molar-refractivity contribution in [1.29, 1.82) is 0 Å². The SMILES string of the molecule is Cc1ccc(C)c(NC(=O)[C@@H](C)OC(=O)c2ccccc2F)c1. The van der Waals surface area contributed by atoms with E-state index in [9.17, 15) is 14.0 Å². The second-order valence-corrected chi connectivity index (χ2v) is 5.34. The molecule has 0 bridgehead atoms. The minimum absolute atomic E-state index is 0.195. The normalized spacial score (nSPS) is 11.7. The van der Waals surface area contributed by atoms with E-state index >= 15 is 0 Å². The summed E-state index contributed by atoms with van der Waals surface area (Å²) in [6.07, 6.45) is -1.04. The van der Waals surface area contributed by atoms with Crippen LogP contribution in [0, 0.1) is 19.7 Å². The summed E-state index contributed by atoms with van der Waals surface area (Å²) in [5.41, 5.74) is 2.36. The zero-order chi connectivity index (χ0) is 17.0. The van der Waals surface area contributed by atoms with E-state index in [0.29, 0.717) is 5.69 Å². The summed E-state index contributed by atoms with van der Waals surface area (Å²) < 4.78 is 18.6. The number of carbonyl (C=O) groups is 2. The molecule has 0 radical (unpaired) electrons. The van der Waals surface area contributed by atoms with Gasteiger partial charge in [0.2, 0.25) is 0 Å². The molecule has 2 aromatic rings. The third kappa shape index (κ3) is 4.16. The van der Waals surface area contributed by atoms with Gasteiger partial charge >= 0.3 is 5.97 Å². The number of carbonyl (C=O) groups excluding carboxylic acids is 2. The van der Waals surface area contributed by atoms with E-state index in [2.05, 4.69) is 5.32 Å². The van der Waals surface area contributed by atoms with Gasteiger partial charge in [0.05, 0.1) is 5.56 Å². The Hall–Kier alpha value is -2.69. The van der Waals surface area contributed by atoms with Crippen molar-refractivity contribution in [3.05, 3.63) is 65.0 Å². The average Bonchev–Trinajstić information content (AvgIpc) is 2.51. The van der Waals surface area contributed by atoms with Gasteiger partial charge in [-0.3, -0.25) is 4.79 Å². The highest BCUT2D eigenvalue weighted by Crippen LogP contribution is 2.17. The van der Waals surface area contributed by atoms with E-state index in [1.54, 1.807) is 0 Å². The highest BCUT2D eigenvalue weighted by molar-refractivity contribution is 5.97. The van der Waals surface area contributed by atoms with Gasteiger partial charge in [-0.05, 0) is 50.1 Å². The van der Waals surface area contributed by atoms with Crippen LogP contribution in [0.3, 0.4) is 0 Å². The van der Waals surface area contributed by atoms with Gasteiger partial charge < -0.3 is 10.1 Å². The summed E-state index contributed by atoms with van der Waals surface area (Å²) in [4.78, 5) is 24.1. The molecule has 0 fully saturated rings. The number of ether oxygens (including phenoxy) is 1. The number of halogens is 1. The van der Waals surface area contributed by atoms with Gasteiger partial charge in [0.1, 0.15) is 5.82 Å². The number of hydrogen-bond acceptors (Lipinski definition) is 3. The van der Waals surface area contributed by atoms with Gasteiger partial charge in [0.25, 0.3) is 5.91 Å². The molecule has 0 saturated heterocycles. The molecule has 5 heteroatoms. The molecule has 2 aromatic carbocycles. The van der Waals surface area contributed by atoms with E-state index in [1.807, 2.05) is 32.0 Å². The zero-order valence-corrected chi connectivity index (χ0v) is 13.2. The van der Waals surface area contributed by atoms with Crippen LogP contribution >= 0.6 is 0 Å². The van der Waals surface area contributed by atoms with Crippen molar-refractivity contribution in [3.63, 3.8) is 0 Å². The van der Waals surface area contributed by atoms with Crippen LogP contribution in [0.1, 0.15) is 28.4 Å². The van der Waals surface area contributed by atoms with E-state index in [-0.39, 0.29) is 5.56 Å². The molecule has 2 rings (SSSR count). The molecule has 0 saturated carbocycles. The van der Waals surface area contributed by atoms with Crippen molar-refractivity contribution < 1.29 is 18.7 Å². The first kappa shape index (κ1) is 16.7. The van der Waals surface area contributed by atoms with Crippen LogP contribution in [0.5, 0.6) is 0 Å². The summed E-state index contributed by atoms with van der Waals surface area (Å²) in [6, 6.07) is 11.1. The first-order chi connectivity index (χ1) is 10.9. The Morgan fingerprint density at radius 2 is 1.83 bits per heavy atom.